The first-order chi connectivity index (χ1) is 13.9. The van der Waals surface area contributed by atoms with Gasteiger partial charge in [-0.15, -0.1) is 13.2 Å². The molecule has 0 aliphatic heterocycles. The van der Waals surface area contributed by atoms with Crippen LogP contribution in [0.5, 0.6) is 11.5 Å². The van der Waals surface area contributed by atoms with E-state index in [1.54, 1.807) is 21.0 Å². The standard InChI is InChI=1S/C20H26F3N3O4/c1-7-13(2)18(24-17(26(6)12-27)14(3)19(28)25(4)5)29-15-9-8-10-16(11-15)30-20(21,22)23/h8-13H,7H2,1-6H3/b17-14-,24-18?. The number of aliphatic imine (C=N–C) groups is 1. The Bertz CT molecular complexity index is 820. The van der Waals surface area contributed by atoms with Gasteiger partial charge in [0.15, 0.2) is 5.90 Å². The maximum atomic E-state index is 12.5. The molecule has 2 amide bonds. The zero-order chi connectivity index (χ0) is 23.1. The summed E-state index contributed by atoms with van der Waals surface area (Å²) in [5.41, 5.74) is 0.202. The summed E-state index contributed by atoms with van der Waals surface area (Å²) in [6.07, 6.45) is -3.74. The third kappa shape index (κ3) is 7.41. The summed E-state index contributed by atoms with van der Waals surface area (Å²) < 4.78 is 47.1. The van der Waals surface area contributed by atoms with Gasteiger partial charge in [0.1, 0.15) is 17.3 Å². The molecule has 1 aromatic rings. The van der Waals surface area contributed by atoms with Crippen LogP contribution in [0.3, 0.4) is 0 Å². The normalized spacial score (nSPS) is 13.8. The highest BCUT2D eigenvalue weighted by Crippen LogP contribution is 2.27. The molecule has 30 heavy (non-hydrogen) atoms. The van der Waals surface area contributed by atoms with Crippen LogP contribution < -0.4 is 9.47 Å². The molecule has 0 saturated carbocycles. The van der Waals surface area contributed by atoms with Crippen molar-refractivity contribution >= 4 is 18.2 Å². The van der Waals surface area contributed by atoms with Crippen molar-refractivity contribution in [2.75, 3.05) is 21.1 Å². The molecule has 0 bridgehead atoms. The van der Waals surface area contributed by atoms with E-state index in [9.17, 15) is 22.8 Å². The quantitative estimate of drug-likeness (QED) is 0.273. The van der Waals surface area contributed by atoms with Gasteiger partial charge in [-0.3, -0.25) is 9.59 Å². The van der Waals surface area contributed by atoms with Crippen LogP contribution in [0.25, 0.3) is 0 Å². The van der Waals surface area contributed by atoms with E-state index in [-0.39, 0.29) is 34.9 Å². The van der Waals surface area contributed by atoms with E-state index >= 15 is 0 Å². The number of hydrogen-bond donors (Lipinski definition) is 0. The molecule has 0 radical (unpaired) electrons. The molecule has 0 N–H and O–H groups in total. The van der Waals surface area contributed by atoms with Gasteiger partial charge < -0.3 is 19.3 Å². The highest BCUT2D eigenvalue weighted by molar-refractivity contribution is 5.94. The van der Waals surface area contributed by atoms with Crippen molar-refractivity contribution in [3.8, 4) is 11.5 Å². The minimum Gasteiger partial charge on any atom is -0.442 e. The Hall–Kier alpha value is -3.04. The van der Waals surface area contributed by atoms with Crippen LogP contribution in [0.1, 0.15) is 27.2 Å². The van der Waals surface area contributed by atoms with Gasteiger partial charge in [0, 0.05) is 33.1 Å². The van der Waals surface area contributed by atoms with Gasteiger partial charge in [-0.05, 0) is 25.5 Å². The van der Waals surface area contributed by atoms with E-state index in [0.717, 1.165) is 17.0 Å². The van der Waals surface area contributed by atoms with Crippen molar-refractivity contribution in [1.82, 2.24) is 9.80 Å². The highest BCUT2D eigenvalue weighted by Gasteiger charge is 2.31. The average Bonchev–Trinajstić information content (AvgIpc) is 2.67. The van der Waals surface area contributed by atoms with Gasteiger partial charge in [0.25, 0.3) is 5.91 Å². The van der Waals surface area contributed by atoms with E-state index < -0.39 is 12.1 Å². The first-order valence-electron chi connectivity index (χ1n) is 9.12. The summed E-state index contributed by atoms with van der Waals surface area (Å²) in [6.45, 7) is 5.20. The minimum atomic E-state index is -4.83. The summed E-state index contributed by atoms with van der Waals surface area (Å²) in [5.74, 6) is -0.775. The SMILES string of the molecule is CCC(C)C(=N/C(=C(\C)C(=O)N(C)C)N(C)C=O)Oc1cccc(OC(F)(F)F)c1. The fraction of sp³-hybridized carbons (Fsp3) is 0.450. The molecular weight excluding hydrogens is 403 g/mol. The monoisotopic (exact) mass is 429 g/mol. The largest absolute Gasteiger partial charge is 0.573 e. The smallest absolute Gasteiger partial charge is 0.442 e. The zero-order valence-corrected chi connectivity index (χ0v) is 17.8. The fourth-order valence-electron chi connectivity index (χ4n) is 2.28. The number of alkyl halides is 3. The molecule has 0 spiro atoms. The molecule has 1 aromatic carbocycles. The molecule has 1 unspecified atom stereocenters. The van der Waals surface area contributed by atoms with Crippen molar-refractivity contribution < 1.29 is 32.2 Å². The predicted octanol–water partition coefficient (Wildman–Crippen LogP) is 3.82. The van der Waals surface area contributed by atoms with Crippen LogP contribution >= 0.6 is 0 Å². The fourth-order valence-corrected chi connectivity index (χ4v) is 2.28. The molecule has 10 heteroatoms. The number of ether oxygens (including phenoxy) is 2. The van der Waals surface area contributed by atoms with Gasteiger partial charge >= 0.3 is 6.36 Å². The van der Waals surface area contributed by atoms with E-state index in [0.29, 0.717) is 12.8 Å². The van der Waals surface area contributed by atoms with Crippen LogP contribution in [0.2, 0.25) is 0 Å². The first-order valence-corrected chi connectivity index (χ1v) is 9.12. The molecule has 0 fully saturated rings. The summed E-state index contributed by atoms with van der Waals surface area (Å²) in [5, 5.41) is 0. The lowest BCUT2D eigenvalue weighted by Crippen LogP contribution is -2.28. The lowest BCUT2D eigenvalue weighted by atomic mass is 10.1. The maximum absolute atomic E-state index is 12.5. The van der Waals surface area contributed by atoms with Crippen molar-refractivity contribution in [3.63, 3.8) is 0 Å². The van der Waals surface area contributed by atoms with Gasteiger partial charge in [-0.25, -0.2) is 0 Å². The molecule has 0 aliphatic carbocycles. The van der Waals surface area contributed by atoms with E-state index in [2.05, 4.69) is 9.73 Å². The van der Waals surface area contributed by atoms with Crippen LogP contribution in [0, 0.1) is 5.92 Å². The molecule has 1 atom stereocenters. The number of carbonyl (C=O) groups excluding carboxylic acids is 2. The van der Waals surface area contributed by atoms with Gasteiger partial charge in [0.2, 0.25) is 6.41 Å². The molecular formula is C20H26F3N3O4. The van der Waals surface area contributed by atoms with E-state index in [1.807, 2.05) is 6.92 Å². The number of halogens is 3. The van der Waals surface area contributed by atoms with Crippen LogP contribution in [-0.4, -0.2) is 55.5 Å². The molecule has 166 valence electrons. The summed E-state index contributed by atoms with van der Waals surface area (Å²) in [6, 6.07) is 5.02. The van der Waals surface area contributed by atoms with Crippen molar-refractivity contribution in [1.29, 1.82) is 0 Å². The second-order valence-corrected chi connectivity index (χ2v) is 6.75. The predicted molar refractivity (Wildman–Crippen MR) is 106 cm³/mol. The number of rotatable bonds is 8. The molecule has 0 aromatic heterocycles. The molecule has 7 nitrogen and oxygen atoms in total. The van der Waals surface area contributed by atoms with E-state index in [1.165, 1.54) is 31.0 Å². The third-order valence-corrected chi connectivity index (χ3v) is 4.07. The van der Waals surface area contributed by atoms with Gasteiger partial charge in [0.05, 0.1) is 5.57 Å². The number of nitrogens with zero attached hydrogens (tertiary/aromatic N) is 3. The number of carbonyl (C=O) groups is 2. The Labute approximate surface area is 173 Å². The lowest BCUT2D eigenvalue weighted by Gasteiger charge is -2.20. The Morgan fingerprint density at radius 2 is 1.83 bits per heavy atom. The topological polar surface area (TPSA) is 71.4 Å². The second kappa shape index (κ2) is 10.7. The van der Waals surface area contributed by atoms with Gasteiger partial charge in [-0.1, -0.05) is 19.9 Å². The zero-order valence-electron chi connectivity index (χ0n) is 17.8. The van der Waals surface area contributed by atoms with E-state index in [4.69, 9.17) is 4.74 Å². The third-order valence-electron chi connectivity index (χ3n) is 4.07. The van der Waals surface area contributed by atoms with Crippen LogP contribution in [0.15, 0.2) is 40.7 Å². The summed E-state index contributed by atoms with van der Waals surface area (Å²) in [7, 11) is 4.56. The number of hydrogen-bond acceptors (Lipinski definition) is 5. The maximum Gasteiger partial charge on any atom is 0.573 e. The first kappa shape index (κ1) is 25.0. The number of benzene rings is 1. The van der Waals surface area contributed by atoms with Crippen LogP contribution in [0.4, 0.5) is 13.2 Å². The minimum absolute atomic E-state index is 0.0699. The molecule has 0 aliphatic rings. The number of amides is 2. The summed E-state index contributed by atoms with van der Waals surface area (Å²) in [4.78, 5) is 30.5. The molecule has 0 heterocycles. The highest BCUT2D eigenvalue weighted by atomic mass is 19.4. The van der Waals surface area contributed by atoms with Gasteiger partial charge in [-0.2, -0.15) is 4.99 Å². The summed E-state index contributed by atoms with van der Waals surface area (Å²) >= 11 is 0. The average molecular weight is 429 g/mol. The Kier molecular flexibility index (Phi) is 8.88. The van der Waals surface area contributed by atoms with Crippen LogP contribution in [-0.2, 0) is 9.59 Å². The molecule has 1 rings (SSSR count). The number of likely N-dealkylation sites (N-methyl/N-ethyl adjacent to an activating group) is 1. The Morgan fingerprint density at radius 1 is 1.23 bits per heavy atom. The van der Waals surface area contributed by atoms with Crippen molar-refractivity contribution in [2.45, 2.75) is 33.6 Å². The van der Waals surface area contributed by atoms with Crippen molar-refractivity contribution in [2.24, 2.45) is 10.9 Å². The Balaban J connectivity index is 3.42. The van der Waals surface area contributed by atoms with Crippen molar-refractivity contribution in [3.05, 3.63) is 35.7 Å². The second-order valence-electron chi connectivity index (χ2n) is 6.75. The lowest BCUT2D eigenvalue weighted by molar-refractivity contribution is -0.274. The Morgan fingerprint density at radius 3 is 2.33 bits per heavy atom. The molecule has 0 saturated heterocycles.